The van der Waals surface area contributed by atoms with Crippen molar-refractivity contribution in [1.29, 1.82) is 0 Å². The number of nitro groups is 1. The van der Waals surface area contributed by atoms with E-state index in [4.69, 9.17) is 0 Å². The summed E-state index contributed by atoms with van der Waals surface area (Å²) in [6.45, 7) is 2.20. The number of rotatable bonds is 8. The van der Waals surface area contributed by atoms with Gasteiger partial charge in [-0.15, -0.1) is 10.2 Å². The van der Waals surface area contributed by atoms with Gasteiger partial charge in [0, 0.05) is 29.1 Å². The van der Waals surface area contributed by atoms with Gasteiger partial charge in [-0.2, -0.15) is 0 Å². The maximum Gasteiger partial charge on any atom is 0.269 e. The molecule has 1 heterocycles. The molecule has 0 aliphatic rings. The standard InChI is InChI=1S/C24H21N5O3S/c1-17-6-5-7-18(14-17)16-33-24-27-26-22(15-25-23(30)19-8-3-2-4-9-19)28(24)20-10-12-21(13-11-20)29(31)32/h2-14H,15-16H2,1H3,(H,25,30). The van der Waals surface area contributed by atoms with Crippen LogP contribution in [0.25, 0.3) is 5.69 Å². The minimum absolute atomic E-state index is 0.000260. The molecule has 9 heteroatoms. The predicted octanol–water partition coefficient (Wildman–Crippen LogP) is 4.71. The van der Waals surface area contributed by atoms with Gasteiger partial charge in [0.05, 0.1) is 11.5 Å². The molecular formula is C24H21N5O3S. The molecule has 0 fully saturated rings. The molecule has 166 valence electrons. The monoisotopic (exact) mass is 459 g/mol. The zero-order chi connectivity index (χ0) is 23.2. The Hall–Kier alpha value is -3.98. The summed E-state index contributed by atoms with van der Waals surface area (Å²) in [5.41, 5.74) is 3.56. The lowest BCUT2D eigenvalue weighted by molar-refractivity contribution is -0.384. The third-order valence-electron chi connectivity index (χ3n) is 4.91. The Balaban J connectivity index is 1.60. The van der Waals surface area contributed by atoms with Crippen molar-refractivity contribution in [2.75, 3.05) is 0 Å². The highest BCUT2D eigenvalue weighted by Gasteiger charge is 2.17. The Bertz CT molecular complexity index is 1270. The maximum atomic E-state index is 12.5. The van der Waals surface area contributed by atoms with Crippen LogP contribution in [-0.2, 0) is 12.3 Å². The average molecular weight is 460 g/mol. The smallest absolute Gasteiger partial charge is 0.269 e. The molecule has 0 aliphatic heterocycles. The molecule has 0 unspecified atom stereocenters. The maximum absolute atomic E-state index is 12.5. The van der Waals surface area contributed by atoms with E-state index in [2.05, 4.69) is 21.6 Å². The van der Waals surface area contributed by atoms with Gasteiger partial charge in [-0.3, -0.25) is 19.5 Å². The third-order valence-corrected chi connectivity index (χ3v) is 5.91. The van der Waals surface area contributed by atoms with Gasteiger partial charge in [-0.25, -0.2) is 0 Å². The number of thioether (sulfide) groups is 1. The van der Waals surface area contributed by atoms with Crippen LogP contribution in [0.15, 0.2) is 84.0 Å². The predicted molar refractivity (Wildman–Crippen MR) is 126 cm³/mol. The first-order valence-electron chi connectivity index (χ1n) is 10.2. The van der Waals surface area contributed by atoms with Gasteiger partial charge in [0.1, 0.15) is 0 Å². The number of carbonyl (C=O) groups excluding carboxylic acids is 1. The Morgan fingerprint density at radius 2 is 1.79 bits per heavy atom. The molecule has 0 saturated carbocycles. The number of benzene rings is 3. The van der Waals surface area contributed by atoms with Crippen LogP contribution in [-0.4, -0.2) is 25.6 Å². The van der Waals surface area contributed by atoms with Crippen molar-refractivity contribution in [3.63, 3.8) is 0 Å². The average Bonchev–Trinajstić information content (AvgIpc) is 3.24. The van der Waals surface area contributed by atoms with Crippen LogP contribution in [0.4, 0.5) is 5.69 Å². The fourth-order valence-corrected chi connectivity index (χ4v) is 4.21. The molecule has 8 nitrogen and oxygen atoms in total. The molecule has 1 aromatic heterocycles. The molecule has 0 aliphatic carbocycles. The van der Waals surface area contributed by atoms with Crippen molar-refractivity contribution in [2.45, 2.75) is 24.4 Å². The summed E-state index contributed by atoms with van der Waals surface area (Å²) in [6.07, 6.45) is 0. The van der Waals surface area contributed by atoms with Crippen LogP contribution >= 0.6 is 11.8 Å². The zero-order valence-corrected chi connectivity index (χ0v) is 18.7. The third kappa shape index (κ3) is 5.45. The van der Waals surface area contributed by atoms with Crippen molar-refractivity contribution in [1.82, 2.24) is 20.1 Å². The van der Waals surface area contributed by atoms with Crippen molar-refractivity contribution in [3.8, 4) is 5.69 Å². The molecule has 0 spiro atoms. The summed E-state index contributed by atoms with van der Waals surface area (Å²) in [6, 6.07) is 23.3. The van der Waals surface area contributed by atoms with Gasteiger partial charge in [-0.1, -0.05) is 59.8 Å². The molecule has 0 bridgehead atoms. The minimum atomic E-state index is -0.440. The van der Waals surface area contributed by atoms with E-state index >= 15 is 0 Å². The summed E-state index contributed by atoms with van der Waals surface area (Å²) >= 11 is 1.51. The number of carbonyl (C=O) groups is 1. The highest BCUT2D eigenvalue weighted by Crippen LogP contribution is 2.26. The highest BCUT2D eigenvalue weighted by atomic mass is 32.2. The molecule has 33 heavy (non-hydrogen) atoms. The molecule has 0 saturated heterocycles. The van der Waals surface area contributed by atoms with E-state index in [1.165, 1.54) is 29.5 Å². The van der Waals surface area contributed by atoms with Crippen molar-refractivity contribution in [3.05, 3.63) is 111 Å². The Morgan fingerprint density at radius 1 is 1.03 bits per heavy atom. The van der Waals surface area contributed by atoms with Crippen LogP contribution in [0.5, 0.6) is 0 Å². The quantitative estimate of drug-likeness (QED) is 0.233. The van der Waals surface area contributed by atoms with Gasteiger partial charge in [0.2, 0.25) is 0 Å². The van der Waals surface area contributed by atoms with Crippen LogP contribution in [0, 0.1) is 17.0 Å². The van der Waals surface area contributed by atoms with Crippen molar-refractivity contribution >= 4 is 23.4 Å². The van der Waals surface area contributed by atoms with Gasteiger partial charge in [0.25, 0.3) is 11.6 Å². The van der Waals surface area contributed by atoms with Crippen LogP contribution in [0.2, 0.25) is 0 Å². The Labute approximate surface area is 194 Å². The first-order valence-corrected chi connectivity index (χ1v) is 11.2. The lowest BCUT2D eigenvalue weighted by Gasteiger charge is -2.11. The summed E-state index contributed by atoms with van der Waals surface area (Å²) in [7, 11) is 0. The van der Waals surface area contributed by atoms with Crippen LogP contribution in [0.3, 0.4) is 0 Å². The lowest BCUT2D eigenvalue weighted by Crippen LogP contribution is -2.24. The fourth-order valence-electron chi connectivity index (χ4n) is 3.29. The summed E-state index contributed by atoms with van der Waals surface area (Å²) < 4.78 is 1.81. The SMILES string of the molecule is Cc1cccc(CSc2nnc(CNC(=O)c3ccccc3)n2-c2ccc([N+](=O)[O-])cc2)c1. The van der Waals surface area contributed by atoms with E-state index in [9.17, 15) is 14.9 Å². The minimum Gasteiger partial charge on any atom is -0.345 e. The van der Waals surface area contributed by atoms with E-state index in [-0.39, 0.29) is 18.1 Å². The number of nitrogens with zero attached hydrogens (tertiary/aromatic N) is 4. The molecule has 1 amide bonds. The molecule has 1 N–H and O–H groups in total. The van der Waals surface area contributed by atoms with Gasteiger partial charge in [-0.05, 0) is 36.8 Å². The number of hydrogen-bond donors (Lipinski definition) is 1. The number of nitrogens with one attached hydrogen (secondary N) is 1. The second-order valence-corrected chi connectivity index (χ2v) is 8.28. The number of non-ortho nitro benzene ring substituents is 1. The van der Waals surface area contributed by atoms with Crippen molar-refractivity contribution in [2.24, 2.45) is 0 Å². The Morgan fingerprint density at radius 3 is 2.48 bits per heavy atom. The molecule has 4 rings (SSSR count). The number of aryl methyl sites for hydroxylation is 1. The summed E-state index contributed by atoms with van der Waals surface area (Å²) in [5.74, 6) is 0.992. The number of aromatic nitrogens is 3. The molecular weight excluding hydrogens is 438 g/mol. The molecule has 3 aromatic carbocycles. The first kappa shape index (κ1) is 22.2. The number of amides is 1. The molecule has 0 atom stereocenters. The second kappa shape index (κ2) is 10.1. The number of hydrogen-bond acceptors (Lipinski definition) is 6. The van der Waals surface area contributed by atoms with E-state index in [1.54, 1.807) is 36.4 Å². The van der Waals surface area contributed by atoms with Crippen LogP contribution in [0.1, 0.15) is 27.3 Å². The fraction of sp³-hybridized carbons (Fsp3) is 0.125. The van der Waals surface area contributed by atoms with Crippen LogP contribution < -0.4 is 5.32 Å². The molecule has 0 radical (unpaired) electrons. The van der Waals surface area contributed by atoms with E-state index in [0.717, 1.165) is 5.56 Å². The zero-order valence-electron chi connectivity index (χ0n) is 17.8. The van der Waals surface area contributed by atoms with Crippen molar-refractivity contribution < 1.29 is 9.72 Å². The van der Waals surface area contributed by atoms with E-state index in [1.807, 2.05) is 35.8 Å². The van der Waals surface area contributed by atoms with E-state index in [0.29, 0.717) is 28.0 Å². The lowest BCUT2D eigenvalue weighted by atomic mass is 10.2. The normalized spacial score (nSPS) is 10.7. The van der Waals surface area contributed by atoms with Gasteiger partial charge in [0.15, 0.2) is 11.0 Å². The largest absolute Gasteiger partial charge is 0.345 e. The number of nitro benzene ring substituents is 1. The second-order valence-electron chi connectivity index (χ2n) is 7.33. The van der Waals surface area contributed by atoms with E-state index < -0.39 is 4.92 Å². The van der Waals surface area contributed by atoms with Gasteiger partial charge >= 0.3 is 0 Å². The molecule has 4 aromatic rings. The Kier molecular flexibility index (Phi) is 6.80. The highest BCUT2D eigenvalue weighted by molar-refractivity contribution is 7.98. The topological polar surface area (TPSA) is 103 Å². The summed E-state index contributed by atoms with van der Waals surface area (Å²) in [5, 5.41) is 23.2. The summed E-state index contributed by atoms with van der Waals surface area (Å²) in [4.78, 5) is 23.1. The van der Waals surface area contributed by atoms with Gasteiger partial charge < -0.3 is 5.32 Å². The first-order chi connectivity index (χ1) is 16.0.